The molecule has 0 aromatic heterocycles. The summed E-state index contributed by atoms with van der Waals surface area (Å²) in [4.78, 5) is 0. The SMILES string of the molecule is C[C]1C=CC=C(C)C1C. The molecule has 1 aliphatic carbocycles. The molecule has 0 saturated carbocycles. The van der Waals surface area contributed by atoms with Gasteiger partial charge in [-0.3, -0.25) is 0 Å². The highest BCUT2D eigenvalue weighted by Gasteiger charge is 2.12. The predicted molar refractivity (Wildman–Crippen MR) is 41.0 cm³/mol. The molecule has 1 unspecified atom stereocenters. The first kappa shape index (κ1) is 6.60. The first-order valence-corrected chi connectivity index (χ1v) is 3.40. The lowest BCUT2D eigenvalue weighted by molar-refractivity contribution is 0.723. The second-order valence-corrected chi connectivity index (χ2v) is 2.74. The van der Waals surface area contributed by atoms with E-state index in [4.69, 9.17) is 0 Å². The third kappa shape index (κ3) is 1.24. The molecule has 0 spiro atoms. The molecule has 0 heterocycles. The molecule has 49 valence electrons. The predicted octanol–water partition coefficient (Wildman–Crippen LogP) is 2.73. The summed E-state index contributed by atoms with van der Waals surface area (Å²) in [6, 6.07) is 0. The van der Waals surface area contributed by atoms with E-state index in [1.807, 2.05) is 0 Å². The van der Waals surface area contributed by atoms with Crippen LogP contribution in [0, 0.1) is 11.8 Å². The van der Waals surface area contributed by atoms with Crippen LogP contribution in [0.2, 0.25) is 0 Å². The molecule has 0 amide bonds. The number of hydrogen-bond donors (Lipinski definition) is 0. The van der Waals surface area contributed by atoms with Crippen LogP contribution >= 0.6 is 0 Å². The molecule has 0 aliphatic heterocycles. The van der Waals surface area contributed by atoms with Gasteiger partial charge in [-0.2, -0.15) is 0 Å². The lowest BCUT2D eigenvalue weighted by Crippen LogP contribution is -2.06. The van der Waals surface area contributed by atoms with Crippen molar-refractivity contribution >= 4 is 0 Å². The Morgan fingerprint density at radius 3 is 2.44 bits per heavy atom. The monoisotopic (exact) mass is 121 g/mol. The zero-order valence-electron chi connectivity index (χ0n) is 6.31. The van der Waals surface area contributed by atoms with Gasteiger partial charge in [0.25, 0.3) is 0 Å². The molecule has 0 fully saturated rings. The van der Waals surface area contributed by atoms with Crippen molar-refractivity contribution in [2.45, 2.75) is 20.8 Å². The van der Waals surface area contributed by atoms with Crippen molar-refractivity contribution in [3.05, 3.63) is 29.7 Å². The van der Waals surface area contributed by atoms with Gasteiger partial charge in [0.2, 0.25) is 0 Å². The van der Waals surface area contributed by atoms with Crippen molar-refractivity contribution in [1.82, 2.24) is 0 Å². The van der Waals surface area contributed by atoms with Crippen LogP contribution in [0.1, 0.15) is 20.8 Å². The highest BCUT2D eigenvalue weighted by atomic mass is 14.2. The lowest BCUT2D eigenvalue weighted by Gasteiger charge is -2.19. The van der Waals surface area contributed by atoms with Crippen LogP contribution in [0.4, 0.5) is 0 Å². The largest absolute Gasteiger partial charge is 0.0771 e. The van der Waals surface area contributed by atoms with Crippen molar-refractivity contribution in [2.75, 3.05) is 0 Å². The standard InChI is InChI=1S/C9H13/c1-7-5-4-6-8(2)9(7)3/h4-6,9H,1-3H3. The summed E-state index contributed by atoms with van der Waals surface area (Å²) in [5.41, 5.74) is 1.47. The van der Waals surface area contributed by atoms with Crippen molar-refractivity contribution < 1.29 is 0 Å². The van der Waals surface area contributed by atoms with Crippen molar-refractivity contribution in [3.8, 4) is 0 Å². The van der Waals surface area contributed by atoms with E-state index in [2.05, 4.69) is 39.0 Å². The van der Waals surface area contributed by atoms with Crippen LogP contribution < -0.4 is 0 Å². The summed E-state index contributed by atoms with van der Waals surface area (Å²) >= 11 is 0. The highest BCUT2D eigenvalue weighted by molar-refractivity contribution is 5.30. The Bertz CT molecular complexity index is 151. The molecular formula is C9H13. The summed E-state index contributed by atoms with van der Waals surface area (Å²) in [6.45, 7) is 6.60. The normalized spacial score (nSPS) is 28.3. The van der Waals surface area contributed by atoms with Gasteiger partial charge in [-0.1, -0.05) is 37.6 Å². The Morgan fingerprint density at radius 1 is 1.33 bits per heavy atom. The van der Waals surface area contributed by atoms with E-state index in [1.54, 1.807) is 0 Å². The van der Waals surface area contributed by atoms with Gasteiger partial charge in [-0.25, -0.2) is 0 Å². The van der Waals surface area contributed by atoms with Crippen LogP contribution in [-0.2, 0) is 0 Å². The zero-order valence-corrected chi connectivity index (χ0v) is 6.31. The molecule has 9 heavy (non-hydrogen) atoms. The van der Waals surface area contributed by atoms with Gasteiger partial charge in [0.1, 0.15) is 0 Å². The fourth-order valence-corrected chi connectivity index (χ4v) is 0.999. The maximum absolute atomic E-state index is 2.24. The van der Waals surface area contributed by atoms with E-state index >= 15 is 0 Å². The number of rotatable bonds is 0. The minimum atomic E-state index is 0.662. The van der Waals surface area contributed by atoms with Gasteiger partial charge in [-0.05, 0) is 12.8 Å². The van der Waals surface area contributed by atoms with Gasteiger partial charge < -0.3 is 0 Å². The second-order valence-electron chi connectivity index (χ2n) is 2.74. The van der Waals surface area contributed by atoms with Crippen LogP contribution in [0.15, 0.2) is 23.8 Å². The van der Waals surface area contributed by atoms with Gasteiger partial charge in [-0.15, -0.1) is 0 Å². The minimum absolute atomic E-state index is 0.662. The Balaban J connectivity index is 2.73. The lowest BCUT2D eigenvalue weighted by atomic mass is 9.86. The maximum Gasteiger partial charge on any atom is 0.00133 e. The van der Waals surface area contributed by atoms with E-state index in [1.165, 1.54) is 11.5 Å². The summed E-state index contributed by atoms with van der Waals surface area (Å²) < 4.78 is 0. The zero-order chi connectivity index (χ0) is 6.85. The Hall–Kier alpha value is -0.520. The molecule has 1 atom stereocenters. The average molecular weight is 121 g/mol. The minimum Gasteiger partial charge on any atom is -0.0771 e. The van der Waals surface area contributed by atoms with E-state index in [0.717, 1.165) is 0 Å². The first-order chi connectivity index (χ1) is 4.22. The fourth-order valence-electron chi connectivity index (χ4n) is 0.999. The average Bonchev–Trinajstić information content (AvgIpc) is 1.83. The van der Waals surface area contributed by atoms with E-state index in [0.29, 0.717) is 5.92 Å². The smallest absolute Gasteiger partial charge is 0.00133 e. The third-order valence-corrected chi connectivity index (χ3v) is 2.08. The van der Waals surface area contributed by atoms with Crippen molar-refractivity contribution in [3.63, 3.8) is 0 Å². The van der Waals surface area contributed by atoms with E-state index in [-0.39, 0.29) is 0 Å². The van der Waals surface area contributed by atoms with E-state index in [9.17, 15) is 0 Å². The third-order valence-electron chi connectivity index (χ3n) is 2.08. The highest BCUT2D eigenvalue weighted by Crippen LogP contribution is 2.25. The molecular weight excluding hydrogens is 108 g/mol. The molecule has 0 heteroatoms. The Morgan fingerprint density at radius 2 is 2.00 bits per heavy atom. The Kier molecular flexibility index (Phi) is 1.75. The van der Waals surface area contributed by atoms with Gasteiger partial charge in [0.15, 0.2) is 0 Å². The molecule has 0 aromatic carbocycles. The molecule has 0 aromatic rings. The molecule has 0 bridgehead atoms. The van der Waals surface area contributed by atoms with Crippen molar-refractivity contribution in [1.29, 1.82) is 0 Å². The molecule has 0 saturated heterocycles. The summed E-state index contributed by atoms with van der Waals surface area (Å²) in [5.74, 6) is 2.13. The van der Waals surface area contributed by atoms with E-state index < -0.39 is 0 Å². The van der Waals surface area contributed by atoms with Gasteiger partial charge >= 0.3 is 0 Å². The second kappa shape index (κ2) is 2.38. The van der Waals surface area contributed by atoms with Crippen LogP contribution in [0.25, 0.3) is 0 Å². The number of hydrogen-bond acceptors (Lipinski definition) is 0. The first-order valence-electron chi connectivity index (χ1n) is 3.40. The summed E-state index contributed by atoms with van der Waals surface area (Å²) in [7, 11) is 0. The molecule has 1 rings (SSSR count). The molecule has 0 nitrogen and oxygen atoms in total. The van der Waals surface area contributed by atoms with Gasteiger partial charge in [0, 0.05) is 5.92 Å². The molecule has 1 aliphatic rings. The molecule has 0 N–H and O–H groups in total. The fraction of sp³-hybridized carbons (Fsp3) is 0.444. The van der Waals surface area contributed by atoms with Crippen LogP contribution in [0.5, 0.6) is 0 Å². The Labute approximate surface area is 57.3 Å². The van der Waals surface area contributed by atoms with Gasteiger partial charge in [0.05, 0.1) is 0 Å². The summed E-state index contributed by atoms with van der Waals surface area (Å²) in [6.07, 6.45) is 6.47. The topological polar surface area (TPSA) is 0 Å². The van der Waals surface area contributed by atoms with Crippen LogP contribution in [0.3, 0.4) is 0 Å². The quantitative estimate of drug-likeness (QED) is 0.462. The van der Waals surface area contributed by atoms with Crippen molar-refractivity contribution in [2.24, 2.45) is 5.92 Å². The summed E-state index contributed by atoms with van der Waals surface area (Å²) in [5, 5.41) is 0. The number of allylic oxidation sites excluding steroid dienone is 4. The van der Waals surface area contributed by atoms with Crippen LogP contribution in [-0.4, -0.2) is 0 Å². The molecule has 1 radical (unpaired) electrons. The maximum atomic E-state index is 2.24.